The van der Waals surface area contributed by atoms with Gasteiger partial charge in [0.15, 0.2) is 10.0 Å². The highest BCUT2D eigenvalue weighted by atomic mass is 32.1. The zero-order chi connectivity index (χ0) is 39.7. The minimum absolute atomic E-state index is 0.0707. The minimum Gasteiger partial charge on any atom is -0.343 e. The summed E-state index contributed by atoms with van der Waals surface area (Å²) in [5.41, 5.74) is 10.9. The van der Waals surface area contributed by atoms with Gasteiger partial charge in [0.25, 0.3) is 11.8 Å². The highest BCUT2D eigenvalue weighted by Gasteiger charge is 2.27. The second-order valence-electron chi connectivity index (χ2n) is 14.3. The molecule has 0 atom stereocenters. The Balaban J connectivity index is 0.000000172. The van der Waals surface area contributed by atoms with Crippen molar-refractivity contribution in [3.63, 3.8) is 0 Å². The quantitative estimate of drug-likeness (QED) is 0.163. The summed E-state index contributed by atoms with van der Waals surface area (Å²) in [5.74, 6) is 0.984. The Hall–Kier alpha value is -5.93. The van der Waals surface area contributed by atoms with E-state index in [1.165, 1.54) is 38.7 Å². The molecule has 0 saturated heterocycles. The Morgan fingerprint density at radius 1 is 0.661 bits per heavy atom. The fourth-order valence-corrected chi connectivity index (χ4v) is 8.84. The molecule has 0 saturated carbocycles. The number of ketones is 1. The van der Waals surface area contributed by atoms with E-state index >= 15 is 0 Å². The predicted molar refractivity (Wildman–Crippen MR) is 220 cm³/mol. The van der Waals surface area contributed by atoms with Gasteiger partial charge in [-0.15, -0.1) is 22.7 Å². The average molecular weight is 787 g/mol. The molecule has 15 heteroatoms. The van der Waals surface area contributed by atoms with Crippen LogP contribution in [0.4, 0.5) is 23.3 Å². The molecule has 2 aromatic carbocycles. The number of thiazole rings is 2. The molecule has 0 radical (unpaired) electrons. The highest BCUT2D eigenvalue weighted by Crippen LogP contribution is 2.38. The van der Waals surface area contributed by atoms with Crippen LogP contribution in [0.5, 0.6) is 0 Å². The molecule has 13 nitrogen and oxygen atoms in total. The first-order valence-corrected chi connectivity index (χ1v) is 19.8. The molecule has 0 unspecified atom stereocenters. The van der Waals surface area contributed by atoms with Crippen molar-refractivity contribution in [3.05, 3.63) is 104 Å². The Morgan fingerprint density at radius 2 is 1.16 bits per heavy atom. The first-order valence-electron chi connectivity index (χ1n) is 18.2. The fourth-order valence-electron chi connectivity index (χ4n) is 6.53. The maximum Gasteiger partial charge on any atom is 0.282 e. The fraction of sp³-hybridized carbons (Fsp3) is 0.293. The van der Waals surface area contributed by atoms with Crippen LogP contribution >= 0.6 is 22.7 Å². The zero-order valence-corrected chi connectivity index (χ0v) is 34.0. The largest absolute Gasteiger partial charge is 0.343 e. The normalized spacial score (nSPS) is 12.2. The van der Waals surface area contributed by atoms with Gasteiger partial charge < -0.3 is 20.4 Å². The van der Waals surface area contributed by atoms with Crippen LogP contribution in [0, 0.1) is 13.8 Å². The summed E-state index contributed by atoms with van der Waals surface area (Å²) < 4.78 is 0. The van der Waals surface area contributed by atoms with Gasteiger partial charge in [-0.05, 0) is 98.5 Å². The number of carbonyl (C=O) groups is 3. The molecule has 56 heavy (non-hydrogen) atoms. The lowest BCUT2D eigenvalue weighted by atomic mass is 10.00. The van der Waals surface area contributed by atoms with Crippen molar-refractivity contribution in [1.29, 1.82) is 0 Å². The third-order valence-corrected chi connectivity index (χ3v) is 11.3. The van der Waals surface area contributed by atoms with Gasteiger partial charge in [0.05, 0.1) is 32.5 Å². The third kappa shape index (κ3) is 8.48. The van der Waals surface area contributed by atoms with E-state index in [9.17, 15) is 14.4 Å². The number of hydrogen-bond donors (Lipinski definition) is 2. The van der Waals surface area contributed by atoms with Crippen molar-refractivity contribution < 1.29 is 14.4 Å². The molecule has 2 aliphatic carbocycles. The molecule has 0 fully saturated rings. The van der Waals surface area contributed by atoms with Crippen LogP contribution in [-0.2, 0) is 36.9 Å². The van der Waals surface area contributed by atoms with Crippen LogP contribution in [0.15, 0.2) is 54.9 Å². The van der Waals surface area contributed by atoms with E-state index in [4.69, 9.17) is 9.97 Å². The first kappa shape index (κ1) is 38.3. The van der Waals surface area contributed by atoms with Crippen molar-refractivity contribution in [3.8, 4) is 21.1 Å². The van der Waals surface area contributed by atoms with Gasteiger partial charge in [0.1, 0.15) is 5.78 Å². The number of aromatic nitrogens is 6. The van der Waals surface area contributed by atoms with Gasteiger partial charge in [0, 0.05) is 58.4 Å². The number of hydrogen-bond acceptors (Lipinski definition) is 13. The van der Waals surface area contributed by atoms with E-state index in [-0.39, 0.29) is 17.6 Å². The number of rotatable bonds is 8. The van der Waals surface area contributed by atoms with Crippen molar-refractivity contribution in [1.82, 2.24) is 39.7 Å². The summed E-state index contributed by atoms with van der Waals surface area (Å²) in [7, 11) is 6.93. The van der Waals surface area contributed by atoms with E-state index in [0.29, 0.717) is 28.3 Å². The molecule has 4 aromatic heterocycles. The van der Waals surface area contributed by atoms with Gasteiger partial charge in [-0.25, -0.2) is 29.9 Å². The molecule has 286 valence electrons. The SMILES string of the molecule is CC(=O)Cc1cccc(Nc2ncc3c(n2)-c2sc(C(=O)N(C)C)nc2CC3)c1.Cc1cc(C)cc(Nc2ncc3c(n2)-c2sc(C(=O)N(C)C)nc2CC3)c1. The maximum atomic E-state index is 12.3. The van der Waals surface area contributed by atoms with Crippen molar-refractivity contribution in [2.45, 2.75) is 52.9 Å². The van der Waals surface area contributed by atoms with Crippen molar-refractivity contribution in [2.75, 3.05) is 38.8 Å². The maximum absolute atomic E-state index is 12.3. The van der Waals surface area contributed by atoms with Gasteiger partial charge >= 0.3 is 0 Å². The average Bonchev–Trinajstić information content (AvgIpc) is 3.79. The number of Topliss-reactive ketones (excluding diaryl/α,β-unsaturated/α-hetero) is 1. The second kappa shape index (κ2) is 16.0. The number of fused-ring (bicyclic) bond motifs is 6. The minimum atomic E-state index is -0.0966. The topological polar surface area (TPSA) is 159 Å². The Morgan fingerprint density at radius 3 is 1.64 bits per heavy atom. The van der Waals surface area contributed by atoms with E-state index in [2.05, 4.69) is 62.6 Å². The number of carbonyl (C=O) groups excluding carboxylic acids is 3. The Kier molecular flexibility index (Phi) is 11.0. The number of aryl methyl sites for hydroxylation is 6. The summed E-state index contributed by atoms with van der Waals surface area (Å²) >= 11 is 2.79. The third-order valence-electron chi connectivity index (χ3n) is 9.11. The predicted octanol–water partition coefficient (Wildman–Crippen LogP) is 7.04. The number of anilines is 4. The molecule has 4 heterocycles. The molecular weight excluding hydrogens is 745 g/mol. The zero-order valence-electron chi connectivity index (χ0n) is 32.4. The number of amides is 2. The summed E-state index contributed by atoms with van der Waals surface area (Å²) in [6.07, 6.45) is 7.34. The molecule has 8 rings (SSSR count). The summed E-state index contributed by atoms with van der Waals surface area (Å²) in [5, 5.41) is 7.52. The summed E-state index contributed by atoms with van der Waals surface area (Å²) in [6.45, 7) is 5.71. The molecule has 2 N–H and O–H groups in total. The van der Waals surface area contributed by atoms with Crippen LogP contribution in [0.25, 0.3) is 21.1 Å². The lowest BCUT2D eigenvalue weighted by molar-refractivity contribution is -0.116. The van der Waals surface area contributed by atoms with Crippen LogP contribution in [0.2, 0.25) is 0 Å². The first-order chi connectivity index (χ1) is 26.8. The Labute approximate surface area is 333 Å². The van der Waals surface area contributed by atoms with Crippen LogP contribution in [0.1, 0.15) is 65.7 Å². The number of nitrogens with zero attached hydrogens (tertiary/aromatic N) is 8. The van der Waals surface area contributed by atoms with E-state index in [0.717, 1.165) is 86.3 Å². The number of nitrogens with one attached hydrogen (secondary N) is 2. The summed E-state index contributed by atoms with van der Waals surface area (Å²) in [4.78, 5) is 68.4. The summed E-state index contributed by atoms with van der Waals surface area (Å²) in [6, 6.07) is 13.9. The molecule has 6 aromatic rings. The van der Waals surface area contributed by atoms with Gasteiger partial charge in [-0.2, -0.15) is 0 Å². The van der Waals surface area contributed by atoms with Gasteiger partial charge in [0.2, 0.25) is 11.9 Å². The number of benzene rings is 2. The molecule has 0 bridgehead atoms. The molecule has 0 aliphatic heterocycles. The molecular formula is C41H42N10O3S2. The highest BCUT2D eigenvalue weighted by molar-refractivity contribution is 7.17. The van der Waals surface area contributed by atoms with Crippen LogP contribution in [-0.4, -0.2) is 85.5 Å². The van der Waals surface area contributed by atoms with Gasteiger partial charge in [-0.3, -0.25) is 14.4 Å². The molecule has 0 spiro atoms. The van der Waals surface area contributed by atoms with E-state index in [1.54, 1.807) is 40.0 Å². The van der Waals surface area contributed by atoms with E-state index < -0.39 is 0 Å². The second-order valence-corrected chi connectivity index (χ2v) is 16.3. The monoisotopic (exact) mass is 786 g/mol. The standard InChI is InChI=1S/C21H21N5O2S.C20H21N5OS/c1-12(27)9-13-5-4-6-15(10-13)23-21-22-11-14-7-8-16-18(17(14)25-21)29-19(24-16)20(28)26(2)3;1-11-7-12(2)9-14(8-11)22-20-21-10-13-5-6-15-17(16(13)24-20)27-18(23-15)19(26)25(3)4/h4-6,10-11H,7-9H2,1-3H3,(H,22,23,25);7-10H,5-6H2,1-4H3,(H,21,22,24). The van der Waals surface area contributed by atoms with Crippen molar-refractivity contribution >= 4 is 63.5 Å². The van der Waals surface area contributed by atoms with E-state index in [1.807, 2.05) is 36.7 Å². The lowest BCUT2D eigenvalue weighted by Gasteiger charge is -2.15. The Bertz CT molecular complexity index is 2470. The molecule has 2 aliphatic rings. The van der Waals surface area contributed by atoms with Crippen LogP contribution in [0.3, 0.4) is 0 Å². The van der Waals surface area contributed by atoms with Crippen molar-refractivity contribution in [2.24, 2.45) is 0 Å². The lowest BCUT2D eigenvalue weighted by Crippen LogP contribution is -2.21. The smallest absolute Gasteiger partial charge is 0.282 e. The molecule has 2 amide bonds. The van der Waals surface area contributed by atoms with Gasteiger partial charge in [-0.1, -0.05) is 18.2 Å². The van der Waals surface area contributed by atoms with Crippen LogP contribution < -0.4 is 10.6 Å².